The minimum Gasteiger partial charge on any atom is -0.493 e. The quantitative estimate of drug-likeness (QED) is 0.393. The maximum atomic E-state index is 12.5. The van der Waals surface area contributed by atoms with E-state index in [2.05, 4.69) is 36.4 Å². The first-order valence-corrected chi connectivity index (χ1v) is 10.1. The second-order valence-electron chi connectivity index (χ2n) is 8.40. The molecule has 1 aromatic rings. The van der Waals surface area contributed by atoms with Crippen LogP contribution in [0.1, 0.15) is 39.7 Å². The topological polar surface area (TPSA) is 71.6 Å². The van der Waals surface area contributed by atoms with Crippen LogP contribution in [0.3, 0.4) is 0 Å². The van der Waals surface area contributed by atoms with Gasteiger partial charge in [-0.25, -0.2) is 0 Å². The van der Waals surface area contributed by atoms with Gasteiger partial charge in [0.15, 0.2) is 11.5 Å². The number of hydrogen-bond acceptors (Lipinski definition) is 5. The van der Waals surface area contributed by atoms with E-state index in [1.54, 1.807) is 13.2 Å². The number of methoxy groups -OCH3 is 1. The molecule has 0 radical (unpaired) electrons. The first-order valence-electron chi connectivity index (χ1n) is 10.1. The van der Waals surface area contributed by atoms with Crippen molar-refractivity contribution in [3.8, 4) is 11.5 Å². The lowest BCUT2D eigenvalue weighted by molar-refractivity contribution is -0.118. The predicted octanol–water partition coefficient (Wildman–Crippen LogP) is 2.94. The molecule has 0 bridgehead atoms. The number of benzene rings is 1. The molecule has 0 saturated carbocycles. The Morgan fingerprint density at radius 3 is 2.59 bits per heavy atom. The Hall–Kier alpha value is -2.31. The minimum absolute atomic E-state index is 0.00734. The van der Waals surface area contributed by atoms with E-state index in [1.807, 2.05) is 38.1 Å². The van der Waals surface area contributed by atoms with Gasteiger partial charge in [0, 0.05) is 29.7 Å². The molecule has 0 aromatic heterocycles. The number of amides is 1. The van der Waals surface area contributed by atoms with Gasteiger partial charge in [-0.15, -0.1) is 0 Å². The molecule has 0 aliphatic carbocycles. The van der Waals surface area contributed by atoms with Gasteiger partial charge in [0.2, 0.25) is 5.91 Å². The Morgan fingerprint density at radius 2 is 1.97 bits per heavy atom. The van der Waals surface area contributed by atoms with Gasteiger partial charge in [0.1, 0.15) is 6.61 Å². The summed E-state index contributed by atoms with van der Waals surface area (Å²) >= 11 is 0. The summed E-state index contributed by atoms with van der Waals surface area (Å²) in [7, 11) is 1.63. The molecular formula is C23H35N3O3. The third-order valence-corrected chi connectivity index (χ3v) is 4.79. The average Bonchev–Trinajstić information content (AvgIpc) is 2.90. The fraction of sp³-hybridized carbons (Fsp3) is 0.522. The molecule has 3 N–H and O–H groups in total. The zero-order chi connectivity index (χ0) is 21.5. The van der Waals surface area contributed by atoms with Crippen LogP contribution >= 0.6 is 0 Å². The summed E-state index contributed by atoms with van der Waals surface area (Å²) in [6, 6.07) is 5.89. The van der Waals surface area contributed by atoms with Crippen molar-refractivity contribution in [1.82, 2.24) is 16.0 Å². The van der Waals surface area contributed by atoms with Crippen LogP contribution in [0.4, 0.5) is 0 Å². The van der Waals surface area contributed by atoms with E-state index in [0.29, 0.717) is 24.7 Å². The second kappa shape index (κ2) is 9.94. The molecule has 0 fully saturated rings. The van der Waals surface area contributed by atoms with Gasteiger partial charge in [-0.05, 0) is 58.4 Å². The smallest absolute Gasteiger partial charge is 0.248 e. The van der Waals surface area contributed by atoms with Gasteiger partial charge in [0.25, 0.3) is 0 Å². The maximum absolute atomic E-state index is 12.5. The van der Waals surface area contributed by atoms with Gasteiger partial charge in [-0.1, -0.05) is 24.8 Å². The molecule has 29 heavy (non-hydrogen) atoms. The van der Waals surface area contributed by atoms with Gasteiger partial charge in [-0.2, -0.15) is 0 Å². The first kappa shape index (κ1) is 23.0. The lowest BCUT2D eigenvalue weighted by Crippen LogP contribution is -2.47. The molecule has 1 aromatic carbocycles. The number of ether oxygens (including phenoxy) is 2. The highest BCUT2D eigenvalue weighted by Crippen LogP contribution is 2.30. The van der Waals surface area contributed by atoms with Gasteiger partial charge in [0.05, 0.1) is 7.11 Å². The van der Waals surface area contributed by atoms with Crippen molar-refractivity contribution in [2.75, 3.05) is 26.8 Å². The van der Waals surface area contributed by atoms with Crippen LogP contribution < -0.4 is 25.4 Å². The highest BCUT2D eigenvalue weighted by atomic mass is 16.5. The van der Waals surface area contributed by atoms with Crippen LogP contribution in [0.2, 0.25) is 0 Å². The van der Waals surface area contributed by atoms with E-state index in [-0.39, 0.29) is 17.0 Å². The third kappa shape index (κ3) is 6.61. The Kier molecular flexibility index (Phi) is 7.88. The van der Waals surface area contributed by atoms with Crippen molar-refractivity contribution in [2.24, 2.45) is 0 Å². The van der Waals surface area contributed by atoms with E-state index in [9.17, 15) is 4.79 Å². The van der Waals surface area contributed by atoms with Crippen LogP contribution in [0.5, 0.6) is 11.5 Å². The van der Waals surface area contributed by atoms with Crippen LogP contribution in [0.25, 0.3) is 0 Å². The average molecular weight is 402 g/mol. The van der Waals surface area contributed by atoms with Crippen LogP contribution in [0.15, 0.2) is 42.5 Å². The first-order chi connectivity index (χ1) is 13.7. The Labute approximate surface area is 174 Å². The summed E-state index contributed by atoms with van der Waals surface area (Å²) in [5.41, 5.74) is 1.45. The summed E-state index contributed by atoms with van der Waals surface area (Å²) in [5.74, 6) is 1.43. The fourth-order valence-electron chi connectivity index (χ4n) is 3.63. The monoisotopic (exact) mass is 401 g/mol. The summed E-state index contributed by atoms with van der Waals surface area (Å²) in [6.45, 7) is 14.5. The lowest BCUT2D eigenvalue weighted by Gasteiger charge is -2.27. The van der Waals surface area contributed by atoms with Crippen LogP contribution in [-0.2, 0) is 11.3 Å². The Bertz CT molecular complexity index is 754. The van der Waals surface area contributed by atoms with E-state index in [4.69, 9.17) is 9.47 Å². The fourth-order valence-corrected chi connectivity index (χ4v) is 3.63. The summed E-state index contributed by atoms with van der Waals surface area (Å²) in [4.78, 5) is 12.5. The third-order valence-electron chi connectivity index (χ3n) is 4.79. The van der Waals surface area contributed by atoms with E-state index in [1.165, 1.54) is 0 Å². The van der Waals surface area contributed by atoms with E-state index < -0.39 is 0 Å². The highest BCUT2D eigenvalue weighted by molar-refractivity contribution is 5.96. The van der Waals surface area contributed by atoms with Crippen LogP contribution in [0, 0.1) is 0 Å². The SMILES string of the molecule is C=CCOc1ccc(CNCCCNC(=O)C2=CC(C)(C)NC2(C)C)cc1OC. The molecule has 1 heterocycles. The molecule has 2 rings (SSSR count). The van der Waals surface area contributed by atoms with Gasteiger partial charge < -0.3 is 20.1 Å². The molecule has 0 spiro atoms. The van der Waals surface area contributed by atoms with Gasteiger partial charge >= 0.3 is 0 Å². The molecule has 0 unspecified atom stereocenters. The van der Waals surface area contributed by atoms with Crippen molar-refractivity contribution >= 4 is 5.91 Å². The Morgan fingerprint density at radius 1 is 1.21 bits per heavy atom. The molecule has 1 aliphatic rings. The van der Waals surface area contributed by atoms with Crippen LogP contribution in [-0.4, -0.2) is 43.8 Å². The van der Waals surface area contributed by atoms with Crippen molar-refractivity contribution < 1.29 is 14.3 Å². The number of carbonyl (C=O) groups excluding carboxylic acids is 1. The number of nitrogens with one attached hydrogen (secondary N) is 3. The van der Waals surface area contributed by atoms with Crippen molar-refractivity contribution in [3.05, 3.63) is 48.1 Å². The van der Waals surface area contributed by atoms with E-state index >= 15 is 0 Å². The zero-order valence-electron chi connectivity index (χ0n) is 18.4. The molecule has 160 valence electrons. The second-order valence-corrected chi connectivity index (χ2v) is 8.40. The summed E-state index contributed by atoms with van der Waals surface area (Å²) in [6.07, 6.45) is 4.58. The molecule has 0 atom stereocenters. The molecule has 6 nitrogen and oxygen atoms in total. The minimum atomic E-state index is -0.313. The molecular weight excluding hydrogens is 366 g/mol. The summed E-state index contributed by atoms with van der Waals surface area (Å²) in [5, 5.41) is 9.89. The largest absolute Gasteiger partial charge is 0.493 e. The van der Waals surface area contributed by atoms with E-state index in [0.717, 1.165) is 30.6 Å². The van der Waals surface area contributed by atoms with Crippen molar-refractivity contribution in [3.63, 3.8) is 0 Å². The molecule has 0 saturated heterocycles. The van der Waals surface area contributed by atoms with Gasteiger partial charge in [-0.3, -0.25) is 10.1 Å². The highest BCUT2D eigenvalue weighted by Gasteiger charge is 2.39. The Balaban J connectivity index is 1.72. The number of carbonyl (C=O) groups is 1. The lowest BCUT2D eigenvalue weighted by atomic mass is 9.96. The van der Waals surface area contributed by atoms with Crippen molar-refractivity contribution in [2.45, 2.75) is 51.7 Å². The molecule has 6 heteroatoms. The maximum Gasteiger partial charge on any atom is 0.248 e. The number of rotatable bonds is 11. The van der Waals surface area contributed by atoms with Crippen molar-refractivity contribution in [1.29, 1.82) is 0 Å². The zero-order valence-corrected chi connectivity index (χ0v) is 18.4. The predicted molar refractivity (Wildman–Crippen MR) is 117 cm³/mol. The molecule has 1 aliphatic heterocycles. The summed E-state index contributed by atoms with van der Waals surface area (Å²) < 4.78 is 11.0. The standard InChI is InChI=1S/C23H35N3O3/c1-7-13-29-19-10-9-17(14-20(19)28-6)16-24-11-8-12-25-21(27)18-15-22(2,3)26-23(18,4)5/h7,9-10,14-15,24,26H,1,8,11-13,16H2,2-6H3,(H,25,27). The number of hydrogen-bond donors (Lipinski definition) is 3. The molecule has 1 amide bonds. The normalized spacial score (nSPS) is 16.8.